The van der Waals surface area contributed by atoms with Crippen molar-refractivity contribution in [3.05, 3.63) is 170 Å². The summed E-state index contributed by atoms with van der Waals surface area (Å²) < 4.78 is 5.35. The highest BCUT2D eigenvalue weighted by atomic mass is 16.6. The van der Waals surface area contributed by atoms with Crippen molar-refractivity contribution in [1.82, 2.24) is 30.2 Å². The van der Waals surface area contributed by atoms with Crippen molar-refractivity contribution >= 4 is 32.7 Å². The van der Waals surface area contributed by atoms with Crippen LogP contribution in [0.15, 0.2) is 175 Å². The van der Waals surface area contributed by atoms with Gasteiger partial charge >= 0.3 is 0 Å². The van der Waals surface area contributed by atoms with E-state index in [1.165, 1.54) is 0 Å². The molecule has 0 unspecified atom stereocenters. The summed E-state index contributed by atoms with van der Waals surface area (Å²) in [7, 11) is 0. The molecule has 0 amide bonds. The lowest BCUT2D eigenvalue weighted by atomic mass is 9.93. The molecule has 0 N–H and O–H groups in total. The largest absolute Gasteiger partial charge is 0.255 e. The fourth-order valence-corrected chi connectivity index (χ4v) is 7.09. The van der Waals surface area contributed by atoms with Gasteiger partial charge < -0.3 is 0 Å². The lowest BCUT2D eigenvalue weighted by Crippen LogP contribution is -1.94. The number of aromatic nitrogens is 6. The number of hydrogen-bond donors (Lipinski definition) is 0. The Bertz CT molecular complexity index is 2850. The minimum atomic E-state index is 0.728. The van der Waals surface area contributed by atoms with Gasteiger partial charge in [-0.3, -0.25) is 9.97 Å². The predicted molar refractivity (Wildman–Crippen MR) is 211 cm³/mol. The quantitative estimate of drug-likeness (QED) is 0.161. The minimum Gasteiger partial charge on any atom is -0.255 e. The Kier molecular flexibility index (Phi) is 7.32. The molecule has 7 nitrogen and oxygen atoms in total. The van der Waals surface area contributed by atoms with E-state index in [-0.39, 0.29) is 0 Å². The Hall–Kier alpha value is -7.38. The Morgan fingerprint density at radius 1 is 0.377 bits per heavy atom. The second-order valence-electron chi connectivity index (χ2n) is 12.9. The lowest BCUT2D eigenvalue weighted by Gasteiger charge is -2.13. The summed E-state index contributed by atoms with van der Waals surface area (Å²) in [5.74, 6) is 0. The molecule has 7 heteroatoms. The van der Waals surface area contributed by atoms with Gasteiger partial charge in [-0.05, 0) is 86.7 Å². The van der Waals surface area contributed by atoms with Gasteiger partial charge in [0.1, 0.15) is 11.0 Å². The standard InChI is InChI=1S/C46H28N6O/c1-2-10-32(11-3-1)36-28-37-43(46-45(36)51-53-52-46)35-12-4-5-13-38(35)50-44(37)33-22-20-30(21-23-33)29-16-18-31(19-17-29)34-26-41(39-14-6-8-24-47-39)49-42(27-34)40-15-7-9-25-48-40/h1-28H. The molecule has 5 aromatic carbocycles. The third-order valence-corrected chi connectivity index (χ3v) is 9.67. The Balaban J connectivity index is 1.04. The van der Waals surface area contributed by atoms with Crippen molar-refractivity contribution in [2.45, 2.75) is 0 Å². The van der Waals surface area contributed by atoms with E-state index in [0.29, 0.717) is 0 Å². The van der Waals surface area contributed by atoms with E-state index in [0.717, 1.165) is 100 Å². The first-order valence-electron chi connectivity index (χ1n) is 17.4. The van der Waals surface area contributed by atoms with Gasteiger partial charge in [0.2, 0.25) is 0 Å². The number of nitrogens with zero attached hydrogens (tertiary/aromatic N) is 6. The molecule has 0 saturated carbocycles. The summed E-state index contributed by atoms with van der Waals surface area (Å²) in [4.78, 5) is 19.3. The summed E-state index contributed by atoms with van der Waals surface area (Å²) >= 11 is 0. The van der Waals surface area contributed by atoms with Crippen molar-refractivity contribution in [2.75, 3.05) is 0 Å². The van der Waals surface area contributed by atoms with Crippen molar-refractivity contribution in [1.29, 1.82) is 0 Å². The summed E-state index contributed by atoms with van der Waals surface area (Å²) in [5.41, 5.74) is 13.8. The molecule has 0 bridgehead atoms. The van der Waals surface area contributed by atoms with Gasteiger partial charge in [0.25, 0.3) is 0 Å². The number of pyridine rings is 4. The fourth-order valence-electron chi connectivity index (χ4n) is 7.09. The molecular weight excluding hydrogens is 653 g/mol. The molecule has 248 valence electrons. The van der Waals surface area contributed by atoms with Crippen LogP contribution in [0.5, 0.6) is 0 Å². The van der Waals surface area contributed by atoms with Gasteiger partial charge in [-0.1, -0.05) is 109 Å². The molecule has 5 heterocycles. The van der Waals surface area contributed by atoms with Crippen LogP contribution in [-0.2, 0) is 0 Å². The first-order valence-corrected chi connectivity index (χ1v) is 17.4. The summed E-state index contributed by atoms with van der Waals surface area (Å²) in [6.45, 7) is 0. The first-order chi connectivity index (χ1) is 26.3. The van der Waals surface area contributed by atoms with Crippen LogP contribution in [0.25, 0.3) is 100 Å². The molecule has 5 aromatic heterocycles. The molecule has 0 aliphatic heterocycles. The summed E-state index contributed by atoms with van der Waals surface area (Å²) in [6, 6.07) is 53.7. The smallest absolute Gasteiger partial charge is 0.144 e. The van der Waals surface area contributed by atoms with Crippen molar-refractivity contribution < 1.29 is 4.63 Å². The van der Waals surface area contributed by atoms with Gasteiger partial charge in [-0.15, -0.1) is 0 Å². The van der Waals surface area contributed by atoms with E-state index < -0.39 is 0 Å². The molecule has 10 aromatic rings. The van der Waals surface area contributed by atoms with E-state index in [2.05, 4.69) is 105 Å². The van der Waals surface area contributed by atoms with Crippen LogP contribution in [-0.4, -0.2) is 30.2 Å². The Morgan fingerprint density at radius 2 is 0.943 bits per heavy atom. The monoisotopic (exact) mass is 680 g/mol. The maximum Gasteiger partial charge on any atom is 0.144 e. The fraction of sp³-hybridized carbons (Fsp3) is 0. The molecule has 10 rings (SSSR count). The SMILES string of the molecule is c1ccc(-c2cc3c(-c4ccc(-c5ccc(-c6cc(-c7ccccn7)nc(-c7ccccn7)c6)cc5)cc4)nc4ccccc4c3c3nonc23)cc1. The average Bonchev–Trinajstić information content (AvgIpc) is 3.74. The zero-order valence-corrected chi connectivity index (χ0v) is 28.3. The van der Waals surface area contributed by atoms with Crippen LogP contribution >= 0.6 is 0 Å². The van der Waals surface area contributed by atoms with E-state index in [1.54, 1.807) is 12.4 Å². The van der Waals surface area contributed by atoms with Gasteiger partial charge in [0, 0.05) is 39.7 Å². The van der Waals surface area contributed by atoms with E-state index in [1.807, 2.05) is 72.8 Å². The highest BCUT2D eigenvalue weighted by Crippen LogP contribution is 2.41. The van der Waals surface area contributed by atoms with Crippen LogP contribution in [0.4, 0.5) is 0 Å². The normalized spacial score (nSPS) is 11.4. The number of hydrogen-bond acceptors (Lipinski definition) is 7. The van der Waals surface area contributed by atoms with Crippen molar-refractivity contribution in [3.63, 3.8) is 0 Å². The second-order valence-corrected chi connectivity index (χ2v) is 12.9. The highest BCUT2D eigenvalue weighted by Gasteiger charge is 2.20. The zero-order valence-electron chi connectivity index (χ0n) is 28.3. The molecule has 0 saturated heterocycles. The molecule has 0 aliphatic carbocycles. The number of para-hydroxylation sites is 1. The Labute approximate surface area is 304 Å². The third kappa shape index (κ3) is 5.48. The number of benzene rings is 5. The molecule has 53 heavy (non-hydrogen) atoms. The number of fused-ring (bicyclic) bond motifs is 5. The van der Waals surface area contributed by atoms with Gasteiger partial charge in [-0.25, -0.2) is 14.6 Å². The highest BCUT2D eigenvalue weighted by molar-refractivity contribution is 6.23. The topological polar surface area (TPSA) is 90.5 Å². The predicted octanol–water partition coefficient (Wildman–Crippen LogP) is 11.1. The number of rotatable bonds is 6. The third-order valence-electron chi connectivity index (χ3n) is 9.67. The summed E-state index contributed by atoms with van der Waals surface area (Å²) in [5, 5.41) is 11.8. The maximum absolute atomic E-state index is 5.35. The average molecular weight is 681 g/mol. The van der Waals surface area contributed by atoms with E-state index in [4.69, 9.17) is 14.6 Å². The lowest BCUT2D eigenvalue weighted by molar-refractivity contribution is 0.316. The van der Waals surface area contributed by atoms with E-state index >= 15 is 0 Å². The summed E-state index contributed by atoms with van der Waals surface area (Å²) in [6.07, 6.45) is 3.58. The first kappa shape index (κ1) is 30.4. The molecule has 0 radical (unpaired) electrons. The molecule has 0 fully saturated rings. The van der Waals surface area contributed by atoms with Gasteiger partial charge in [0.05, 0.1) is 34.0 Å². The molecular formula is C46H28N6O. The van der Waals surface area contributed by atoms with Crippen molar-refractivity contribution in [3.8, 4) is 67.4 Å². The van der Waals surface area contributed by atoms with Crippen LogP contribution in [0.3, 0.4) is 0 Å². The van der Waals surface area contributed by atoms with Crippen molar-refractivity contribution in [2.24, 2.45) is 0 Å². The van der Waals surface area contributed by atoms with Gasteiger partial charge in [-0.2, -0.15) is 0 Å². The maximum atomic E-state index is 5.35. The molecule has 0 aliphatic rings. The molecule has 0 spiro atoms. The van der Waals surface area contributed by atoms with Gasteiger partial charge in [0.15, 0.2) is 0 Å². The van der Waals surface area contributed by atoms with Crippen LogP contribution < -0.4 is 0 Å². The second kappa shape index (κ2) is 12.7. The van der Waals surface area contributed by atoms with Crippen LogP contribution in [0, 0.1) is 0 Å². The zero-order chi connectivity index (χ0) is 35.1. The van der Waals surface area contributed by atoms with E-state index in [9.17, 15) is 0 Å². The van der Waals surface area contributed by atoms with Crippen LogP contribution in [0.1, 0.15) is 0 Å². The minimum absolute atomic E-state index is 0.728. The molecule has 0 atom stereocenters. The van der Waals surface area contributed by atoms with Crippen LogP contribution in [0.2, 0.25) is 0 Å². The Morgan fingerprint density at radius 3 is 1.58 bits per heavy atom.